The van der Waals surface area contributed by atoms with Crippen molar-refractivity contribution in [2.75, 3.05) is 19.8 Å². The molecular weight excluding hydrogens is 429 g/mol. The molecule has 0 saturated carbocycles. The lowest BCUT2D eigenvalue weighted by Crippen LogP contribution is -2.68. The normalized spacial score (nSPS) is 18.6. The quantitative estimate of drug-likeness (QED) is 0.169. The lowest BCUT2D eigenvalue weighted by molar-refractivity contribution is -0.519. The zero-order valence-corrected chi connectivity index (χ0v) is 21.3. The minimum atomic E-state index is -5.03. The minimum Gasteiger partial charge on any atom is -0.349 e. The van der Waals surface area contributed by atoms with E-state index in [1.165, 1.54) is 6.92 Å². The van der Waals surface area contributed by atoms with Gasteiger partial charge in [0.05, 0.1) is 25.4 Å². The first-order valence-corrected chi connectivity index (χ1v) is 11.8. The third kappa shape index (κ3) is 10.7. The molecule has 0 radical (unpaired) electrons. The molecular formula is C23H45F3O6. The van der Waals surface area contributed by atoms with Gasteiger partial charge in [-0.15, -0.1) is 13.2 Å². The molecule has 0 aromatic heterocycles. The Morgan fingerprint density at radius 2 is 1.47 bits per heavy atom. The third-order valence-electron chi connectivity index (χ3n) is 4.58. The van der Waals surface area contributed by atoms with E-state index in [4.69, 9.17) is 28.4 Å². The van der Waals surface area contributed by atoms with Gasteiger partial charge in [-0.3, -0.25) is 4.74 Å². The summed E-state index contributed by atoms with van der Waals surface area (Å²) in [6.07, 6.45) is -4.95. The second-order valence-corrected chi connectivity index (χ2v) is 8.84. The lowest BCUT2D eigenvalue weighted by atomic mass is 10.0. The van der Waals surface area contributed by atoms with Crippen LogP contribution in [0.15, 0.2) is 0 Å². The van der Waals surface area contributed by atoms with E-state index in [9.17, 15) is 13.2 Å². The van der Waals surface area contributed by atoms with Gasteiger partial charge in [0, 0.05) is 6.61 Å². The molecule has 0 heterocycles. The molecule has 9 heteroatoms. The highest BCUT2D eigenvalue weighted by Gasteiger charge is 2.64. The Morgan fingerprint density at radius 1 is 0.844 bits per heavy atom. The molecule has 0 bridgehead atoms. The summed E-state index contributed by atoms with van der Waals surface area (Å²) < 4.78 is 75.9. The maximum Gasteiger partial charge on any atom is 0.523 e. The summed E-state index contributed by atoms with van der Waals surface area (Å²) in [5.41, 5.74) is -2.32. The van der Waals surface area contributed by atoms with E-state index < -0.39 is 36.4 Å². The van der Waals surface area contributed by atoms with Crippen LogP contribution in [0.4, 0.5) is 13.2 Å². The summed E-state index contributed by atoms with van der Waals surface area (Å²) in [7, 11) is 0. The SMILES string of the molecule is CCCCOC(OCC(C)C)(OC(C)CC)C(C)(OC(F)(F)F)C(OCCC)OC(C)C. The number of ether oxygens (including phenoxy) is 6. The van der Waals surface area contributed by atoms with Crippen molar-refractivity contribution < 1.29 is 41.6 Å². The molecule has 0 saturated heterocycles. The van der Waals surface area contributed by atoms with E-state index >= 15 is 0 Å². The molecule has 0 aliphatic heterocycles. The molecule has 4 atom stereocenters. The number of halogens is 3. The molecule has 32 heavy (non-hydrogen) atoms. The van der Waals surface area contributed by atoms with Crippen LogP contribution < -0.4 is 0 Å². The highest BCUT2D eigenvalue weighted by molar-refractivity contribution is 4.93. The van der Waals surface area contributed by atoms with Crippen LogP contribution >= 0.6 is 0 Å². The first-order valence-electron chi connectivity index (χ1n) is 11.8. The average Bonchev–Trinajstić information content (AvgIpc) is 2.67. The Balaban J connectivity index is 6.72. The number of rotatable bonds is 18. The van der Waals surface area contributed by atoms with Crippen molar-refractivity contribution in [1.29, 1.82) is 0 Å². The fourth-order valence-electron chi connectivity index (χ4n) is 2.78. The van der Waals surface area contributed by atoms with E-state index in [0.717, 1.165) is 6.42 Å². The van der Waals surface area contributed by atoms with Gasteiger partial charge in [0.15, 0.2) is 6.29 Å². The Bertz CT molecular complexity index is 489. The van der Waals surface area contributed by atoms with Crippen LogP contribution in [0.1, 0.15) is 88.0 Å². The van der Waals surface area contributed by atoms with E-state index in [2.05, 4.69) is 0 Å². The largest absolute Gasteiger partial charge is 0.523 e. The first kappa shape index (κ1) is 31.6. The van der Waals surface area contributed by atoms with Crippen molar-refractivity contribution >= 4 is 0 Å². The van der Waals surface area contributed by atoms with Crippen LogP contribution in [0.3, 0.4) is 0 Å². The van der Waals surface area contributed by atoms with Crippen molar-refractivity contribution in [3.8, 4) is 0 Å². The highest BCUT2D eigenvalue weighted by Crippen LogP contribution is 2.43. The van der Waals surface area contributed by atoms with Crippen molar-refractivity contribution in [2.45, 2.75) is 124 Å². The van der Waals surface area contributed by atoms with Crippen LogP contribution in [0, 0.1) is 5.92 Å². The smallest absolute Gasteiger partial charge is 0.349 e. The summed E-state index contributed by atoms with van der Waals surface area (Å²) in [6.45, 7) is 16.2. The Hall–Kier alpha value is -0.450. The molecule has 0 fully saturated rings. The molecule has 4 unspecified atom stereocenters. The van der Waals surface area contributed by atoms with Gasteiger partial charge in [0.2, 0.25) is 5.60 Å². The zero-order valence-electron chi connectivity index (χ0n) is 21.3. The number of alkyl halides is 3. The van der Waals surface area contributed by atoms with Gasteiger partial charge in [0.25, 0.3) is 0 Å². The first-order chi connectivity index (χ1) is 14.8. The molecule has 0 N–H and O–H groups in total. The summed E-state index contributed by atoms with van der Waals surface area (Å²) in [5, 5.41) is 0. The molecule has 0 aliphatic carbocycles. The van der Waals surface area contributed by atoms with Crippen LogP contribution in [0.25, 0.3) is 0 Å². The zero-order chi connectivity index (χ0) is 25.0. The monoisotopic (exact) mass is 474 g/mol. The number of hydrogen-bond acceptors (Lipinski definition) is 6. The van der Waals surface area contributed by atoms with Crippen molar-refractivity contribution in [2.24, 2.45) is 5.92 Å². The van der Waals surface area contributed by atoms with Crippen molar-refractivity contribution in [3.05, 3.63) is 0 Å². The van der Waals surface area contributed by atoms with Gasteiger partial charge in [0.1, 0.15) is 0 Å². The van der Waals surface area contributed by atoms with E-state index in [0.29, 0.717) is 19.3 Å². The molecule has 194 valence electrons. The molecule has 0 aliphatic rings. The maximum atomic E-state index is 13.8. The second kappa shape index (κ2) is 14.7. The average molecular weight is 475 g/mol. The van der Waals surface area contributed by atoms with Gasteiger partial charge >= 0.3 is 12.3 Å². The molecule has 0 aromatic carbocycles. The van der Waals surface area contributed by atoms with Crippen LogP contribution in [0.5, 0.6) is 0 Å². The topological polar surface area (TPSA) is 55.4 Å². The third-order valence-corrected chi connectivity index (χ3v) is 4.58. The van der Waals surface area contributed by atoms with Gasteiger partial charge in [-0.2, -0.15) is 0 Å². The second-order valence-electron chi connectivity index (χ2n) is 8.84. The fraction of sp³-hybridized carbons (Fsp3) is 1.00. The summed E-state index contributed by atoms with van der Waals surface area (Å²) in [6, 6.07) is 0. The Morgan fingerprint density at radius 3 is 1.91 bits per heavy atom. The van der Waals surface area contributed by atoms with Gasteiger partial charge in [-0.05, 0) is 52.9 Å². The molecule has 0 amide bonds. The van der Waals surface area contributed by atoms with E-state index in [1.807, 2.05) is 34.6 Å². The Labute approximate surface area is 192 Å². The van der Waals surface area contributed by atoms with E-state index in [1.54, 1.807) is 20.8 Å². The molecule has 0 aromatic rings. The fourth-order valence-corrected chi connectivity index (χ4v) is 2.78. The molecule has 0 rings (SSSR count). The summed E-state index contributed by atoms with van der Waals surface area (Å²) in [4.78, 5) is 0. The molecule has 6 nitrogen and oxygen atoms in total. The molecule has 0 spiro atoms. The van der Waals surface area contributed by atoms with Crippen LogP contribution in [-0.4, -0.2) is 56.3 Å². The summed E-state index contributed by atoms with van der Waals surface area (Å²) >= 11 is 0. The number of hydrogen-bond donors (Lipinski definition) is 0. The standard InChI is InChI=1S/C23H45F3O6/c1-10-13-15-28-22(29-16-17(4)5,31-19(8)12-3)21(9,32-23(24,25)26)20(27-14-11-2)30-18(6)7/h17-20H,10-16H2,1-9H3. The lowest BCUT2D eigenvalue weighted by Gasteiger charge is -2.50. The predicted molar refractivity (Wildman–Crippen MR) is 117 cm³/mol. The van der Waals surface area contributed by atoms with Gasteiger partial charge < -0.3 is 23.7 Å². The van der Waals surface area contributed by atoms with Crippen LogP contribution in [0.2, 0.25) is 0 Å². The predicted octanol–water partition coefficient (Wildman–Crippen LogP) is 6.42. The minimum absolute atomic E-state index is 0.000784. The van der Waals surface area contributed by atoms with Gasteiger partial charge in [-0.1, -0.05) is 41.0 Å². The highest BCUT2D eigenvalue weighted by atomic mass is 19.4. The van der Waals surface area contributed by atoms with Crippen molar-refractivity contribution in [1.82, 2.24) is 0 Å². The number of unbranched alkanes of at least 4 members (excludes halogenated alkanes) is 1. The Kier molecular flexibility index (Phi) is 14.5. The van der Waals surface area contributed by atoms with Crippen LogP contribution in [-0.2, 0) is 28.4 Å². The van der Waals surface area contributed by atoms with Crippen molar-refractivity contribution in [3.63, 3.8) is 0 Å². The van der Waals surface area contributed by atoms with Gasteiger partial charge in [-0.25, -0.2) is 0 Å². The summed E-state index contributed by atoms with van der Waals surface area (Å²) in [5.74, 6) is -2.22. The van der Waals surface area contributed by atoms with E-state index in [-0.39, 0.29) is 25.7 Å². The maximum absolute atomic E-state index is 13.8.